The zero-order valence-corrected chi connectivity index (χ0v) is 16.8. The molecule has 0 saturated heterocycles. The molecule has 2 heteroatoms. The molecular formula is C24H32N2. The summed E-state index contributed by atoms with van der Waals surface area (Å²) >= 11 is 0. The van der Waals surface area contributed by atoms with Gasteiger partial charge in [-0.15, -0.1) is 0 Å². The van der Waals surface area contributed by atoms with Gasteiger partial charge in [0.05, 0.1) is 5.54 Å². The fraction of sp³-hybridized carbons (Fsp3) is 0.417. The van der Waals surface area contributed by atoms with Gasteiger partial charge in [-0.1, -0.05) is 57.2 Å². The van der Waals surface area contributed by atoms with E-state index in [0.29, 0.717) is 0 Å². The Kier molecular flexibility index (Phi) is 5.41. The lowest BCUT2D eigenvalue weighted by Gasteiger charge is -2.36. The number of fused-ring (bicyclic) bond motifs is 1. The molecule has 1 aliphatic heterocycles. The van der Waals surface area contributed by atoms with E-state index in [1.807, 2.05) is 0 Å². The largest absolute Gasteiger partial charge is 0.378 e. The summed E-state index contributed by atoms with van der Waals surface area (Å²) in [5.41, 5.74) is 8.10. The van der Waals surface area contributed by atoms with Gasteiger partial charge in [0.15, 0.2) is 0 Å². The number of benzene rings is 2. The van der Waals surface area contributed by atoms with Crippen molar-refractivity contribution in [3.05, 3.63) is 65.2 Å². The van der Waals surface area contributed by atoms with Crippen LogP contribution < -0.4 is 10.6 Å². The Morgan fingerprint density at radius 1 is 1.04 bits per heavy atom. The highest BCUT2D eigenvalue weighted by Crippen LogP contribution is 2.41. The maximum Gasteiger partial charge on any atom is 0.0531 e. The first-order valence-corrected chi connectivity index (χ1v) is 9.98. The molecule has 0 aliphatic carbocycles. The number of aryl methyl sites for hydroxylation is 1. The Morgan fingerprint density at radius 2 is 1.77 bits per heavy atom. The molecule has 0 aromatic heterocycles. The summed E-state index contributed by atoms with van der Waals surface area (Å²) in [6.07, 6.45) is 5.61. The average Bonchev–Trinajstić information content (AvgIpc) is 2.67. The number of nitrogens with one attached hydrogen (secondary N) is 2. The maximum atomic E-state index is 3.81. The van der Waals surface area contributed by atoms with Crippen LogP contribution in [0.3, 0.4) is 0 Å². The lowest BCUT2D eigenvalue weighted by Crippen LogP contribution is -2.35. The highest BCUT2D eigenvalue weighted by molar-refractivity contribution is 5.85. The van der Waals surface area contributed by atoms with Gasteiger partial charge >= 0.3 is 0 Å². The van der Waals surface area contributed by atoms with Crippen LogP contribution in [-0.2, 0) is 6.42 Å². The number of allylic oxidation sites excluding steroid dienone is 1. The van der Waals surface area contributed by atoms with Crippen molar-refractivity contribution in [3.8, 4) is 0 Å². The van der Waals surface area contributed by atoms with Crippen LogP contribution in [0.4, 0.5) is 11.4 Å². The zero-order chi connectivity index (χ0) is 18.7. The molecule has 1 heterocycles. The van der Waals surface area contributed by atoms with Crippen LogP contribution in [-0.4, -0.2) is 5.54 Å². The van der Waals surface area contributed by atoms with E-state index in [-0.39, 0.29) is 11.6 Å². The van der Waals surface area contributed by atoms with Crippen molar-refractivity contribution in [3.63, 3.8) is 0 Å². The summed E-state index contributed by atoms with van der Waals surface area (Å²) in [6.45, 7) is 11.3. The third-order valence-corrected chi connectivity index (χ3v) is 5.65. The highest BCUT2D eigenvalue weighted by atomic mass is 15.0. The predicted octanol–water partition coefficient (Wildman–Crippen LogP) is 6.81. The second-order valence-electron chi connectivity index (χ2n) is 7.61. The van der Waals surface area contributed by atoms with E-state index < -0.39 is 0 Å². The minimum atomic E-state index is 0.0501. The molecule has 138 valence electrons. The van der Waals surface area contributed by atoms with Crippen LogP contribution in [0, 0.1) is 0 Å². The van der Waals surface area contributed by atoms with E-state index in [1.54, 1.807) is 0 Å². The Balaban J connectivity index is 1.99. The molecule has 0 fully saturated rings. The van der Waals surface area contributed by atoms with Crippen LogP contribution in [0.5, 0.6) is 0 Å². The van der Waals surface area contributed by atoms with E-state index in [2.05, 4.69) is 93.8 Å². The van der Waals surface area contributed by atoms with E-state index in [4.69, 9.17) is 0 Å². The van der Waals surface area contributed by atoms with Crippen LogP contribution in [0.15, 0.2) is 48.5 Å². The first kappa shape index (κ1) is 18.6. The molecule has 0 bridgehead atoms. The SMILES string of the molecule is CCC1=CC(C)(CC)Nc2c(CC)cc(NC(C)c3ccccc3)cc21. The highest BCUT2D eigenvalue weighted by Gasteiger charge is 2.28. The van der Waals surface area contributed by atoms with Gasteiger partial charge < -0.3 is 10.6 Å². The third kappa shape index (κ3) is 3.65. The molecule has 2 atom stereocenters. The fourth-order valence-corrected chi connectivity index (χ4v) is 3.81. The standard InChI is InChI=1S/C24H32N2/c1-6-18-14-21(25-17(4)20-12-10-9-11-13-20)15-22-19(7-2)16-24(5,8-3)26-23(18)22/h9-17,25-26H,6-8H2,1-5H3. The van der Waals surface area contributed by atoms with E-state index in [9.17, 15) is 0 Å². The molecule has 1 aliphatic rings. The number of anilines is 2. The van der Waals surface area contributed by atoms with Crippen LogP contribution >= 0.6 is 0 Å². The summed E-state index contributed by atoms with van der Waals surface area (Å²) in [5, 5.41) is 7.52. The van der Waals surface area contributed by atoms with Crippen LogP contribution in [0.1, 0.15) is 70.2 Å². The number of hydrogen-bond acceptors (Lipinski definition) is 2. The summed E-state index contributed by atoms with van der Waals surface area (Å²) in [4.78, 5) is 0. The predicted molar refractivity (Wildman–Crippen MR) is 115 cm³/mol. The van der Waals surface area contributed by atoms with Gasteiger partial charge in [-0.25, -0.2) is 0 Å². The molecule has 0 radical (unpaired) electrons. The molecule has 26 heavy (non-hydrogen) atoms. The van der Waals surface area contributed by atoms with E-state index in [0.717, 1.165) is 19.3 Å². The first-order valence-electron chi connectivity index (χ1n) is 9.98. The zero-order valence-electron chi connectivity index (χ0n) is 16.8. The second kappa shape index (κ2) is 7.57. The van der Waals surface area contributed by atoms with Crippen molar-refractivity contribution in [2.45, 2.75) is 65.5 Å². The Hall–Kier alpha value is -2.22. The van der Waals surface area contributed by atoms with Gasteiger partial charge in [-0.05, 0) is 61.9 Å². The van der Waals surface area contributed by atoms with Gasteiger partial charge in [0.1, 0.15) is 0 Å². The van der Waals surface area contributed by atoms with Crippen molar-refractivity contribution in [1.29, 1.82) is 0 Å². The molecule has 0 spiro atoms. The summed E-state index contributed by atoms with van der Waals surface area (Å²) in [6, 6.07) is 15.6. The molecule has 2 aromatic rings. The summed E-state index contributed by atoms with van der Waals surface area (Å²) < 4.78 is 0. The number of hydrogen-bond donors (Lipinski definition) is 2. The average molecular weight is 349 g/mol. The minimum absolute atomic E-state index is 0.0501. The van der Waals surface area contributed by atoms with E-state index in [1.165, 1.54) is 33.6 Å². The molecule has 0 amide bonds. The minimum Gasteiger partial charge on any atom is -0.378 e. The van der Waals surface area contributed by atoms with Crippen molar-refractivity contribution in [2.75, 3.05) is 10.6 Å². The first-order chi connectivity index (χ1) is 12.5. The number of rotatable bonds is 6. The summed E-state index contributed by atoms with van der Waals surface area (Å²) in [5.74, 6) is 0. The van der Waals surface area contributed by atoms with Gasteiger partial charge in [0.25, 0.3) is 0 Å². The lowest BCUT2D eigenvalue weighted by molar-refractivity contribution is 0.606. The van der Waals surface area contributed by atoms with Gasteiger partial charge in [0, 0.05) is 23.0 Å². The van der Waals surface area contributed by atoms with Crippen LogP contribution in [0.2, 0.25) is 0 Å². The Labute approximate surface area is 158 Å². The monoisotopic (exact) mass is 348 g/mol. The Morgan fingerprint density at radius 3 is 2.38 bits per heavy atom. The Bertz CT molecular complexity index is 791. The molecular weight excluding hydrogens is 316 g/mol. The fourth-order valence-electron chi connectivity index (χ4n) is 3.81. The molecule has 2 unspecified atom stereocenters. The summed E-state index contributed by atoms with van der Waals surface area (Å²) in [7, 11) is 0. The van der Waals surface area contributed by atoms with E-state index >= 15 is 0 Å². The second-order valence-corrected chi connectivity index (χ2v) is 7.61. The molecule has 2 nitrogen and oxygen atoms in total. The van der Waals surface area contributed by atoms with Crippen molar-refractivity contribution in [2.24, 2.45) is 0 Å². The molecule has 2 aromatic carbocycles. The van der Waals surface area contributed by atoms with Gasteiger partial charge in [-0.2, -0.15) is 0 Å². The van der Waals surface area contributed by atoms with Gasteiger partial charge in [-0.3, -0.25) is 0 Å². The van der Waals surface area contributed by atoms with Crippen molar-refractivity contribution in [1.82, 2.24) is 0 Å². The third-order valence-electron chi connectivity index (χ3n) is 5.65. The quantitative estimate of drug-likeness (QED) is 0.599. The lowest BCUT2D eigenvalue weighted by atomic mass is 9.84. The smallest absolute Gasteiger partial charge is 0.0531 e. The molecule has 0 saturated carbocycles. The van der Waals surface area contributed by atoms with Crippen molar-refractivity contribution >= 4 is 16.9 Å². The molecule has 2 N–H and O–H groups in total. The normalized spacial score (nSPS) is 20.0. The van der Waals surface area contributed by atoms with Gasteiger partial charge in [0.2, 0.25) is 0 Å². The topological polar surface area (TPSA) is 24.1 Å². The van der Waals surface area contributed by atoms with Crippen LogP contribution in [0.25, 0.3) is 5.57 Å². The van der Waals surface area contributed by atoms with Crippen molar-refractivity contribution < 1.29 is 0 Å². The maximum absolute atomic E-state index is 3.81. The molecule has 3 rings (SSSR count).